The van der Waals surface area contributed by atoms with Gasteiger partial charge >= 0.3 is 0 Å². The van der Waals surface area contributed by atoms with E-state index in [9.17, 15) is 9.59 Å². The lowest BCUT2D eigenvalue weighted by molar-refractivity contribution is 0.0879. The molecule has 1 aromatic heterocycles. The number of nitrogens with zero attached hydrogens (tertiary/aromatic N) is 1. The molecule has 0 saturated heterocycles. The molecule has 0 atom stereocenters. The van der Waals surface area contributed by atoms with Gasteiger partial charge in [0.1, 0.15) is 0 Å². The summed E-state index contributed by atoms with van der Waals surface area (Å²) in [6.45, 7) is 3.98. The molecule has 3 rings (SSSR count). The Balaban J connectivity index is 2.06. The fourth-order valence-electron chi connectivity index (χ4n) is 2.01. The number of hydrogen-bond donors (Lipinski definition) is 1. The van der Waals surface area contributed by atoms with Gasteiger partial charge in [-0.2, -0.15) is 0 Å². The van der Waals surface area contributed by atoms with Gasteiger partial charge < -0.3 is 4.57 Å². The predicted molar refractivity (Wildman–Crippen MR) is 67.1 cm³/mol. The average molecular weight is 238 g/mol. The van der Waals surface area contributed by atoms with Gasteiger partial charge in [0.25, 0.3) is 11.8 Å². The van der Waals surface area contributed by atoms with Gasteiger partial charge in [-0.3, -0.25) is 14.9 Å². The molecular weight excluding hydrogens is 228 g/mol. The maximum absolute atomic E-state index is 11.6. The van der Waals surface area contributed by atoms with Gasteiger partial charge in [-0.15, -0.1) is 0 Å². The van der Waals surface area contributed by atoms with E-state index in [1.807, 2.05) is 29.1 Å². The van der Waals surface area contributed by atoms with E-state index in [0.717, 1.165) is 11.3 Å². The van der Waals surface area contributed by atoms with Crippen LogP contribution in [-0.4, -0.2) is 16.4 Å². The smallest absolute Gasteiger partial charge is 0.258 e. The molecule has 1 aliphatic heterocycles. The highest BCUT2D eigenvalue weighted by atomic mass is 16.2. The molecule has 4 heteroatoms. The number of carbonyl (C=O) groups is 2. The molecule has 1 aromatic carbocycles. The van der Waals surface area contributed by atoms with Crippen LogP contribution in [0.2, 0.25) is 0 Å². The highest BCUT2D eigenvalue weighted by molar-refractivity contribution is 6.21. The number of fused-ring (bicyclic) bond motifs is 1. The van der Waals surface area contributed by atoms with E-state index in [4.69, 9.17) is 0 Å². The summed E-state index contributed by atoms with van der Waals surface area (Å²) in [4.78, 5) is 23.0. The molecule has 18 heavy (non-hydrogen) atoms. The van der Waals surface area contributed by atoms with Crippen LogP contribution in [-0.2, 0) is 0 Å². The number of amides is 2. The first-order valence-corrected chi connectivity index (χ1v) is 5.49. The van der Waals surface area contributed by atoms with Gasteiger partial charge in [0.15, 0.2) is 0 Å². The Kier molecular flexibility index (Phi) is 2.16. The van der Waals surface area contributed by atoms with Crippen molar-refractivity contribution >= 4 is 17.5 Å². The van der Waals surface area contributed by atoms with Gasteiger partial charge in [-0.1, -0.05) is 12.6 Å². The van der Waals surface area contributed by atoms with Crippen LogP contribution in [0.1, 0.15) is 26.3 Å². The highest BCUT2D eigenvalue weighted by Crippen LogP contribution is 2.22. The van der Waals surface area contributed by atoms with E-state index in [1.165, 1.54) is 0 Å². The molecule has 2 heterocycles. The summed E-state index contributed by atoms with van der Waals surface area (Å²) in [5.74, 6) is -0.690. The lowest BCUT2D eigenvalue weighted by atomic mass is 10.0. The van der Waals surface area contributed by atoms with E-state index >= 15 is 0 Å². The minimum absolute atomic E-state index is 0.340. The normalized spacial score (nSPS) is 13.3. The van der Waals surface area contributed by atoms with Crippen molar-refractivity contribution in [3.63, 3.8) is 0 Å². The van der Waals surface area contributed by atoms with E-state index in [2.05, 4.69) is 11.9 Å². The van der Waals surface area contributed by atoms with E-state index in [0.29, 0.717) is 11.1 Å². The Bertz CT molecular complexity index is 669. The molecule has 1 aliphatic rings. The van der Waals surface area contributed by atoms with Crippen LogP contribution in [0.3, 0.4) is 0 Å². The second-order valence-corrected chi connectivity index (χ2v) is 4.08. The molecule has 0 fully saturated rings. The van der Waals surface area contributed by atoms with Crippen LogP contribution < -0.4 is 5.32 Å². The molecule has 2 aromatic rings. The number of nitrogens with one attached hydrogen (secondary N) is 1. The Hall–Kier alpha value is -2.62. The Labute approximate surface area is 104 Å². The Morgan fingerprint density at radius 2 is 1.72 bits per heavy atom. The summed E-state index contributed by atoms with van der Waals surface area (Å²) in [6, 6.07) is 8.93. The summed E-state index contributed by atoms with van der Waals surface area (Å²) in [7, 11) is 0. The molecule has 0 aliphatic carbocycles. The zero-order chi connectivity index (χ0) is 12.7. The van der Waals surface area contributed by atoms with Crippen molar-refractivity contribution in [2.75, 3.05) is 0 Å². The fraction of sp³-hybridized carbons (Fsp3) is 0. The topological polar surface area (TPSA) is 51.1 Å². The van der Waals surface area contributed by atoms with Crippen molar-refractivity contribution in [1.82, 2.24) is 9.88 Å². The number of imide groups is 1. The first-order chi connectivity index (χ1) is 8.66. The van der Waals surface area contributed by atoms with E-state index in [1.54, 1.807) is 18.2 Å². The minimum Gasteiger partial charge on any atom is -0.324 e. The molecule has 0 unspecified atom stereocenters. The zero-order valence-electron chi connectivity index (χ0n) is 9.51. The van der Waals surface area contributed by atoms with E-state index in [-0.39, 0.29) is 11.8 Å². The molecule has 0 radical (unpaired) electrons. The van der Waals surface area contributed by atoms with Gasteiger partial charge in [-0.25, -0.2) is 0 Å². The average Bonchev–Trinajstić information content (AvgIpc) is 2.98. The number of rotatable bonds is 2. The van der Waals surface area contributed by atoms with Crippen LogP contribution in [0.4, 0.5) is 0 Å². The summed E-state index contributed by atoms with van der Waals surface area (Å²) < 4.78 is 1.86. The molecule has 0 spiro atoms. The molecule has 0 saturated carbocycles. The van der Waals surface area contributed by atoms with Crippen LogP contribution in [0.5, 0.6) is 0 Å². The van der Waals surface area contributed by atoms with Crippen molar-refractivity contribution in [3.05, 3.63) is 66.0 Å². The van der Waals surface area contributed by atoms with Crippen LogP contribution >= 0.6 is 0 Å². The van der Waals surface area contributed by atoms with Crippen LogP contribution in [0.15, 0.2) is 49.3 Å². The standard InChI is InChI=1S/C14H10N2O2/c1-9(16-6-2-3-7-16)10-4-5-11-12(8-10)14(18)15-13(11)17/h2-8H,1H2,(H,15,17,18). The molecule has 0 bridgehead atoms. The molecule has 2 amide bonds. The maximum Gasteiger partial charge on any atom is 0.258 e. The van der Waals surface area contributed by atoms with Crippen LogP contribution in [0.25, 0.3) is 5.70 Å². The molecule has 4 nitrogen and oxygen atoms in total. The molecule has 88 valence electrons. The summed E-state index contributed by atoms with van der Waals surface area (Å²) in [5, 5.41) is 2.27. The van der Waals surface area contributed by atoms with Gasteiger partial charge in [0.05, 0.1) is 11.1 Å². The fourth-order valence-corrected chi connectivity index (χ4v) is 2.01. The third-order valence-electron chi connectivity index (χ3n) is 2.99. The monoisotopic (exact) mass is 238 g/mol. The molecular formula is C14H10N2O2. The second-order valence-electron chi connectivity index (χ2n) is 4.08. The molecule has 1 N–H and O–H groups in total. The first kappa shape index (κ1) is 10.5. The largest absolute Gasteiger partial charge is 0.324 e. The predicted octanol–water partition coefficient (Wildman–Crippen LogP) is 1.89. The number of carbonyl (C=O) groups excluding carboxylic acids is 2. The number of aromatic nitrogens is 1. The number of benzene rings is 1. The summed E-state index contributed by atoms with van der Waals surface area (Å²) in [6.07, 6.45) is 3.75. The van der Waals surface area contributed by atoms with Crippen molar-refractivity contribution in [2.24, 2.45) is 0 Å². The lowest BCUT2D eigenvalue weighted by Gasteiger charge is -2.08. The van der Waals surface area contributed by atoms with Crippen molar-refractivity contribution in [2.45, 2.75) is 0 Å². The number of hydrogen-bond acceptors (Lipinski definition) is 2. The van der Waals surface area contributed by atoms with Crippen molar-refractivity contribution in [1.29, 1.82) is 0 Å². The second kappa shape index (κ2) is 3.70. The maximum atomic E-state index is 11.6. The SMILES string of the molecule is C=C(c1ccc2c(c1)C(=O)NC2=O)n1cccc1. The highest BCUT2D eigenvalue weighted by Gasteiger charge is 2.26. The first-order valence-electron chi connectivity index (χ1n) is 5.49. The van der Waals surface area contributed by atoms with Crippen molar-refractivity contribution < 1.29 is 9.59 Å². The summed E-state index contributed by atoms with van der Waals surface area (Å²) >= 11 is 0. The van der Waals surface area contributed by atoms with Crippen molar-refractivity contribution in [3.8, 4) is 0 Å². The minimum atomic E-state index is -0.350. The lowest BCUT2D eigenvalue weighted by Crippen LogP contribution is -2.19. The van der Waals surface area contributed by atoms with Gasteiger partial charge in [-0.05, 0) is 29.8 Å². The summed E-state index contributed by atoms with van der Waals surface area (Å²) in [5.41, 5.74) is 2.40. The van der Waals surface area contributed by atoms with Gasteiger partial charge in [0, 0.05) is 18.1 Å². The third kappa shape index (κ3) is 1.47. The Morgan fingerprint density at radius 1 is 1.06 bits per heavy atom. The van der Waals surface area contributed by atoms with E-state index < -0.39 is 0 Å². The Morgan fingerprint density at radius 3 is 2.44 bits per heavy atom. The third-order valence-corrected chi connectivity index (χ3v) is 2.99. The van der Waals surface area contributed by atoms with Crippen LogP contribution in [0, 0.1) is 0 Å². The zero-order valence-corrected chi connectivity index (χ0v) is 9.51. The quantitative estimate of drug-likeness (QED) is 0.812. The van der Waals surface area contributed by atoms with Gasteiger partial charge in [0.2, 0.25) is 0 Å².